The molecule has 0 aliphatic carbocycles. The van der Waals surface area contributed by atoms with Crippen LogP contribution in [0.2, 0.25) is 0 Å². The Bertz CT molecular complexity index is 956. The smallest absolute Gasteiger partial charge is 0.254 e. The molecule has 1 amide bonds. The van der Waals surface area contributed by atoms with Gasteiger partial charge in [-0.3, -0.25) is 4.79 Å². The Kier molecular flexibility index (Phi) is 6.82. The molecule has 0 fully saturated rings. The standard InChI is InChI=1S/C22H21F2NO3S/c1-3-25(22(26)16-10-17(23)12-18(24)11-16)13-15-6-7-20(21(9-15)27-2)28-14-19-5-4-8-29-19/h4-12H,3,13-14H2,1-2H3. The number of rotatable bonds is 8. The second-order valence-electron chi connectivity index (χ2n) is 6.33. The first-order chi connectivity index (χ1) is 14.0. The molecule has 0 bridgehead atoms. The van der Waals surface area contributed by atoms with Crippen LogP contribution in [0.25, 0.3) is 0 Å². The van der Waals surface area contributed by atoms with Crippen molar-refractivity contribution in [3.05, 3.63) is 81.5 Å². The maximum Gasteiger partial charge on any atom is 0.254 e. The van der Waals surface area contributed by atoms with Crippen molar-refractivity contribution in [2.45, 2.75) is 20.1 Å². The van der Waals surface area contributed by atoms with E-state index in [0.29, 0.717) is 24.7 Å². The van der Waals surface area contributed by atoms with Crippen molar-refractivity contribution >= 4 is 17.2 Å². The average Bonchev–Trinajstić information content (AvgIpc) is 3.23. The van der Waals surface area contributed by atoms with Gasteiger partial charge in [-0.05, 0) is 48.2 Å². The minimum atomic E-state index is -0.779. The van der Waals surface area contributed by atoms with E-state index in [1.807, 2.05) is 30.5 Å². The molecule has 0 radical (unpaired) electrons. The number of carbonyl (C=O) groups is 1. The molecule has 3 rings (SSSR count). The van der Waals surface area contributed by atoms with Crippen molar-refractivity contribution in [3.63, 3.8) is 0 Å². The van der Waals surface area contributed by atoms with Gasteiger partial charge in [0.05, 0.1) is 7.11 Å². The lowest BCUT2D eigenvalue weighted by molar-refractivity contribution is 0.0751. The van der Waals surface area contributed by atoms with Crippen molar-refractivity contribution in [2.75, 3.05) is 13.7 Å². The molecule has 1 aromatic heterocycles. The molecule has 0 atom stereocenters. The van der Waals surface area contributed by atoms with Crippen LogP contribution in [-0.4, -0.2) is 24.5 Å². The fourth-order valence-corrected chi connectivity index (χ4v) is 3.50. The summed E-state index contributed by atoms with van der Waals surface area (Å²) in [5.74, 6) is -0.842. The number of ether oxygens (including phenoxy) is 2. The van der Waals surface area contributed by atoms with Crippen LogP contribution in [0.15, 0.2) is 53.9 Å². The fraction of sp³-hybridized carbons (Fsp3) is 0.227. The minimum Gasteiger partial charge on any atom is -0.493 e. The van der Waals surface area contributed by atoms with Gasteiger partial charge in [-0.1, -0.05) is 12.1 Å². The highest BCUT2D eigenvalue weighted by Crippen LogP contribution is 2.30. The first kappa shape index (κ1) is 20.8. The highest BCUT2D eigenvalue weighted by atomic mass is 32.1. The number of methoxy groups -OCH3 is 1. The van der Waals surface area contributed by atoms with Gasteiger partial charge in [-0.15, -0.1) is 11.3 Å². The van der Waals surface area contributed by atoms with Crippen LogP contribution < -0.4 is 9.47 Å². The molecule has 4 nitrogen and oxygen atoms in total. The van der Waals surface area contributed by atoms with E-state index in [-0.39, 0.29) is 12.1 Å². The zero-order valence-electron chi connectivity index (χ0n) is 16.2. The normalized spacial score (nSPS) is 10.6. The number of benzene rings is 2. The largest absolute Gasteiger partial charge is 0.493 e. The summed E-state index contributed by atoms with van der Waals surface area (Å²) in [5.41, 5.74) is 0.796. The molecule has 3 aromatic rings. The summed E-state index contributed by atoms with van der Waals surface area (Å²) in [5, 5.41) is 1.99. The Labute approximate surface area is 172 Å². The lowest BCUT2D eigenvalue weighted by Crippen LogP contribution is -2.30. The van der Waals surface area contributed by atoms with E-state index in [1.54, 1.807) is 30.6 Å². The molecule has 0 spiro atoms. The van der Waals surface area contributed by atoms with Gasteiger partial charge in [0, 0.05) is 29.6 Å². The van der Waals surface area contributed by atoms with Gasteiger partial charge in [-0.25, -0.2) is 8.78 Å². The minimum absolute atomic E-state index is 0.0211. The molecule has 1 heterocycles. The van der Waals surface area contributed by atoms with Crippen molar-refractivity contribution in [1.29, 1.82) is 0 Å². The van der Waals surface area contributed by atoms with Gasteiger partial charge in [0.15, 0.2) is 11.5 Å². The number of hydrogen-bond donors (Lipinski definition) is 0. The second-order valence-corrected chi connectivity index (χ2v) is 7.36. The molecular weight excluding hydrogens is 396 g/mol. The van der Waals surface area contributed by atoms with E-state index in [9.17, 15) is 13.6 Å². The molecule has 2 aromatic carbocycles. The van der Waals surface area contributed by atoms with Gasteiger partial charge in [0.1, 0.15) is 18.2 Å². The summed E-state index contributed by atoms with van der Waals surface area (Å²) in [4.78, 5) is 15.3. The summed E-state index contributed by atoms with van der Waals surface area (Å²) in [6.07, 6.45) is 0. The highest BCUT2D eigenvalue weighted by Gasteiger charge is 2.17. The summed E-state index contributed by atoms with van der Waals surface area (Å²) in [6.45, 7) is 2.91. The van der Waals surface area contributed by atoms with Crippen molar-refractivity contribution < 1.29 is 23.0 Å². The van der Waals surface area contributed by atoms with Crippen molar-refractivity contribution in [1.82, 2.24) is 4.90 Å². The zero-order valence-corrected chi connectivity index (χ0v) is 17.0. The van der Waals surface area contributed by atoms with Crippen LogP contribution in [-0.2, 0) is 13.2 Å². The lowest BCUT2D eigenvalue weighted by atomic mass is 10.1. The molecule has 7 heteroatoms. The van der Waals surface area contributed by atoms with Crippen LogP contribution in [0, 0.1) is 11.6 Å². The van der Waals surface area contributed by atoms with Gasteiger partial charge < -0.3 is 14.4 Å². The average molecular weight is 417 g/mol. The van der Waals surface area contributed by atoms with Gasteiger partial charge >= 0.3 is 0 Å². The molecule has 0 saturated heterocycles. The van der Waals surface area contributed by atoms with Crippen LogP contribution >= 0.6 is 11.3 Å². The van der Waals surface area contributed by atoms with Crippen molar-refractivity contribution in [3.8, 4) is 11.5 Å². The SMILES string of the molecule is CCN(Cc1ccc(OCc2cccs2)c(OC)c1)C(=O)c1cc(F)cc(F)c1. The van der Waals surface area contributed by atoms with Gasteiger partial charge in [0.2, 0.25) is 0 Å². The number of amides is 1. The first-order valence-corrected chi connectivity index (χ1v) is 9.95. The maximum absolute atomic E-state index is 13.5. The third-order valence-electron chi connectivity index (χ3n) is 4.33. The van der Waals surface area contributed by atoms with Gasteiger partial charge in [0.25, 0.3) is 5.91 Å². The fourth-order valence-electron chi connectivity index (χ4n) is 2.88. The number of nitrogens with zero attached hydrogens (tertiary/aromatic N) is 1. The monoisotopic (exact) mass is 417 g/mol. The van der Waals surface area contributed by atoms with Crippen LogP contribution in [0.4, 0.5) is 8.78 Å². The third kappa shape index (κ3) is 5.32. The zero-order chi connectivity index (χ0) is 20.8. The predicted octanol–water partition coefficient (Wildman–Crippen LogP) is 5.28. The topological polar surface area (TPSA) is 38.8 Å². The summed E-state index contributed by atoms with van der Waals surface area (Å²) >= 11 is 1.61. The van der Waals surface area contributed by atoms with Crippen LogP contribution in [0.1, 0.15) is 27.7 Å². The molecule has 29 heavy (non-hydrogen) atoms. The van der Waals surface area contributed by atoms with Gasteiger partial charge in [-0.2, -0.15) is 0 Å². The maximum atomic E-state index is 13.5. The second kappa shape index (κ2) is 9.52. The molecule has 0 N–H and O–H groups in total. The molecule has 152 valence electrons. The third-order valence-corrected chi connectivity index (χ3v) is 5.18. The molecule has 0 saturated carbocycles. The number of halogens is 2. The first-order valence-electron chi connectivity index (χ1n) is 9.07. The Balaban J connectivity index is 1.74. The molecule has 0 unspecified atom stereocenters. The number of thiophene rings is 1. The highest BCUT2D eigenvalue weighted by molar-refractivity contribution is 7.09. The summed E-state index contributed by atoms with van der Waals surface area (Å²) in [7, 11) is 1.55. The molecule has 0 aliphatic heterocycles. The van der Waals surface area contributed by atoms with E-state index in [2.05, 4.69) is 0 Å². The van der Waals surface area contributed by atoms with Crippen LogP contribution in [0.5, 0.6) is 11.5 Å². The van der Waals surface area contributed by atoms with E-state index < -0.39 is 17.5 Å². The lowest BCUT2D eigenvalue weighted by Gasteiger charge is -2.22. The van der Waals surface area contributed by atoms with E-state index in [0.717, 1.165) is 28.6 Å². The predicted molar refractivity (Wildman–Crippen MR) is 108 cm³/mol. The van der Waals surface area contributed by atoms with E-state index in [1.165, 1.54) is 4.90 Å². The van der Waals surface area contributed by atoms with E-state index >= 15 is 0 Å². The van der Waals surface area contributed by atoms with E-state index in [4.69, 9.17) is 9.47 Å². The Morgan fingerprint density at radius 2 is 1.83 bits per heavy atom. The van der Waals surface area contributed by atoms with Crippen LogP contribution in [0.3, 0.4) is 0 Å². The molecule has 0 aliphatic rings. The Morgan fingerprint density at radius 1 is 1.07 bits per heavy atom. The summed E-state index contributed by atoms with van der Waals surface area (Å²) < 4.78 is 38.2. The quantitative estimate of drug-likeness (QED) is 0.501. The van der Waals surface area contributed by atoms with Crippen molar-refractivity contribution in [2.24, 2.45) is 0 Å². The Morgan fingerprint density at radius 3 is 2.45 bits per heavy atom. The Hall–Kier alpha value is -2.93. The summed E-state index contributed by atoms with van der Waals surface area (Å²) in [6, 6.07) is 12.2. The number of carbonyl (C=O) groups excluding carboxylic acids is 1. The number of hydrogen-bond acceptors (Lipinski definition) is 4. The molecular formula is C22H21F2NO3S.